The number of hydrogen-bond acceptors (Lipinski definition) is 2. The molecule has 1 aliphatic rings. The minimum absolute atomic E-state index is 0.139. The summed E-state index contributed by atoms with van der Waals surface area (Å²) in [5.41, 5.74) is -0.149. The molecule has 4 rings (SSSR count). The number of piperidine rings is 1. The van der Waals surface area contributed by atoms with Gasteiger partial charge in [0, 0.05) is 6.04 Å². The first kappa shape index (κ1) is 19.8. The zero-order valence-electron chi connectivity index (χ0n) is 14.8. The van der Waals surface area contributed by atoms with Crippen LogP contribution in [0.3, 0.4) is 0 Å². The zero-order chi connectivity index (χ0) is 20.1. The van der Waals surface area contributed by atoms with Gasteiger partial charge in [-0.25, -0.2) is 0 Å². The predicted molar refractivity (Wildman–Crippen MR) is 107 cm³/mol. The van der Waals surface area contributed by atoms with Crippen molar-refractivity contribution < 1.29 is 18.3 Å². The standard InChI is InChI=1S/C21H18Cl2F3NO/c22-17-8-11-7-16(20(28)19-3-1-2-6-27-19)13-5-4-12(21(24,25)26)9-15(13)14(11)10-18(17)23/h4-5,7-10,19-20,27-28H,1-3,6H2/t19-,20-/m1/s1. The Balaban J connectivity index is 1.99. The lowest BCUT2D eigenvalue weighted by atomic mass is 9.88. The highest BCUT2D eigenvalue weighted by molar-refractivity contribution is 6.43. The number of alkyl halides is 3. The van der Waals surface area contributed by atoms with Gasteiger partial charge in [-0.1, -0.05) is 35.7 Å². The Morgan fingerprint density at radius 3 is 2.39 bits per heavy atom. The summed E-state index contributed by atoms with van der Waals surface area (Å²) in [6, 6.07) is 8.47. The van der Waals surface area contributed by atoms with Gasteiger partial charge in [0.25, 0.3) is 0 Å². The molecule has 28 heavy (non-hydrogen) atoms. The highest BCUT2D eigenvalue weighted by atomic mass is 35.5. The van der Waals surface area contributed by atoms with Gasteiger partial charge in [0.15, 0.2) is 0 Å². The van der Waals surface area contributed by atoms with Crippen LogP contribution in [0.1, 0.15) is 36.5 Å². The molecule has 0 aromatic heterocycles. The maximum absolute atomic E-state index is 13.3. The van der Waals surface area contributed by atoms with Gasteiger partial charge in [0.2, 0.25) is 0 Å². The Morgan fingerprint density at radius 1 is 0.964 bits per heavy atom. The van der Waals surface area contributed by atoms with E-state index < -0.39 is 17.8 Å². The molecule has 0 bridgehead atoms. The first-order valence-electron chi connectivity index (χ1n) is 9.10. The molecular weight excluding hydrogens is 410 g/mol. The van der Waals surface area contributed by atoms with Crippen LogP contribution in [-0.2, 0) is 6.18 Å². The zero-order valence-corrected chi connectivity index (χ0v) is 16.3. The molecule has 1 fully saturated rings. The SMILES string of the molecule is O[C@H](c1cc2cc(Cl)c(Cl)cc2c2cc(C(F)(F)F)ccc12)[C@H]1CCCCN1. The van der Waals surface area contributed by atoms with Crippen molar-refractivity contribution in [3.63, 3.8) is 0 Å². The van der Waals surface area contributed by atoms with Crippen molar-refractivity contribution in [2.75, 3.05) is 6.54 Å². The number of halogens is 5. The Labute approximate surface area is 170 Å². The van der Waals surface area contributed by atoms with E-state index in [1.165, 1.54) is 6.07 Å². The van der Waals surface area contributed by atoms with Crippen molar-refractivity contribution in [3.8, 4) is 0 Å². The number of hydrogen-bond donors (Lipinski definition) is 2. The third kappa shape index (κ3) is 3.57. The Morgan fingerprint density at radius 2 is 1.71 bits per heavy atom. The Kier molecular flexibility index (Phi) is 5.21. The molecule has 3 aromatic rings. The van der Waals surface area contributed by atoms with Gasteiger partial charge < -0.3 is 10.4 Å². The fraction of sp³-hybridized carbons (Fsp3) is 0.333. The molecule has 0 amide bonds. The topological polar surface area (TPSA) is 32.3 Å². The summed E-state index contributed by atoms with van der Waals surface area (Å²) in [6.07, 6.45) is -2.44. The van der Waals surface area contributed by atoms with E-state index in [4.69, 9.17) is 23.2 Å². The molecule has 1 aliphatic heterocycles. The van der Waals surface area contributed by atoms with Crippen molar-refractivity contribution in [3.05, 3.63) is 57.6 Å². The van der Waals surface area contributed by atoms with Crippen LogP contribution in [0, 0.1) is 0 Å². The predicted octanol–water partition coefficient (Wildman–Crippen LogP) is 6.49. The van der Waals surface area contributed by atoms with Gasteiger partial charge in [0.05, 0.1) is 21.7 Å². The minimum atomic E-state index is -4.46. The van der Waals surface area contributed by atoms with Crippen LogP contribution in [0.2, 0.25) is 10.0 Å². The molecule has 0 unspecified atom stereocenters. The molecule has 0 spiro atoms. The number of nitrogens with one attached hydrogen (secondary N) is 1. The van der Waals surface area contributed by atoms with E-state index in [-0.39, 0.29) is 11.1 Å². The van der Waals surface area contributed by atoms with Crippen molar-refractivity contribution in [2.24, 2.45) is 0 Å². The van der Waals surface area contributed by atoms with Crippen LogP contribution in [0.5, 0.6) is 0 Å². The van der Waals surface area contributed by atoms with E-state index in [1.807, 2.05) is 0 Å². The van der Waals surface area contributed by atoms with Gasteiger partial charge in [-0.2, -0.15) is 13.2 Å². The van der Waals surface area contributed by atoms with E-state index in [0.29, 0.717) is 32.1 Å². The fourth-order valence-corrected chi connectivity index (χ4v) is 4.30. The third-order valence-electron chi connectivity index (χ3n) is 5.40. The average Bonchev–Trinajstić information content (AvgIpc) is 2.67. The summed E-state index contributed by atoms with van der Waals surface area (Å²) in [6.45, 7) is 0.812. The van der Waals surface area contributed by atoms with Gasteiger partial charge in [-0.3, -0.25) is 0 Å². The van der Waals surface area contributed by atoms with E-state index in [0.717, 1.165) is 37.9 Å². The van der Waals surface area contributed by atoms with Crippen LogP contribution >= 0.6 is 23.2 Å². The average molecular weight is 428 g/mol. The van der Waals surface area contributed by atoms with Crippen molar-refractivity contribution >= 4 is 44.7 Å². The van der Waals surface area contributed by atoms with E-state index in [2.05, 4.69) is 5.32 Å². The minimum Gasteiger partial charge on any atom is -0.387 e. The molecular formula is C21H18Cl2F3NO. The molecule has 148 valence electrons. The number of aliphatic hydroxyl groups excluding tert-OH is 1. The highest BCUT2D eigenvalue weighted by Crippen LogP contribution is 2.40. The van der Waals surface area contributed by atoms with E-state index in [9.17, 15) is 18.3 Å². The van der Waals surface area contributed by atoms with Crippen molar-refractivity contribution in [2.45, 2.75) is 37.6 Å². The fourth-order valence-electron chi connectivity index (χ4n) is 3.97. The molecule has 0 radical (unpaired) electrons. The molecule has 2 atom stereocenters. The maximum atomic E-state index is 13.3. The summed E-state index contributed by atoms with van der Waals surface area (Å²) >= 11 is 12.3. The van der Waals surface area contributed by atoms with Crippen LogP contribution < -0.4 is 5.32 Å². The Bertz CT molecular complexity index is 1050. The van der Waals surface area contributed by atoms with E-state index in [1.54, 1.807) is 18.2 Å². The first-order chi connectivity index (χ1) is 13.3. The summed E-state index contributed by atoms with van der Waals surface area (Å²) in [5.74, 6) is 0. The second-order valence-electron chi connectivity index (χ2n) is 7.21. The normalized spacial score (nSPS) is 19.3. The van der Waals surface area contributed by atoms with Crippen LogP contribution in [-0.4, -0.2) is 17.7 Å². The largest absolute Gasteiger partial charge is 0.416 e. The molecule has 0 aliphatic carbocycles. The lowest BCUT2D eigenvalue weighted by Crippen LogP contribution is -2.38. The van der Waals surface area contributed by atoms with Crippen molar-refractivity contribution in [1.82, 2.24) is 5.32 Å². The van der Waals surface area contributed by atoms with Gasteiger partial charge in [-0.05, 0) is 76.8 Å². The van der Waals surface area contributed by atoms with Gasteiger partial charge in [-0.15, -0.1) is 0 Å². The summed E-state index contributed by atoms with van der Waals surface area (Å²) < 4.78 is 39.9. The van der Waals surface area contributed by atoms with E-state index >= 15 is 0 Å². The molecule has 2 nitrogen and oxygen atoms in total. The second kappa shape index (κ2) is 7.38. The number of rotatable bonds is 2. The first-order valence-corrected chi connectivity index (χ1v) is 9.85. The number of fused-ring (bicyclic) bond motifs is 3. The van der Waals surface area contributed by atoms with Gasteiger partial charge in [0.1, 0.15) is 0 Å². The number of benzene rings is 3. The quantitative estimate of drug-likeness (QED) is 0.457. The maximum Gasteiger partial charge on any atom is 0.416 e. The monoisotopic (exact) mass is 427 g/mol. The molecule has 2 N–H and O–H groups in total. The summed E-state index contributed by atoms with van der Waals surface area (Å²) in [4.78, 5) is 0. The van der Waals surface area contributed by atoms with Crippen LogP contribution in [0.25, 0.3) is 21.5 Å². The van der Waals surface area contributed by atoms with Crippen molar-refractivity contribution in [1.29, 1.82) is 0 Å². The molecule has 7 heteroatoms. The highest BCUT2D eigenvalue weighted by Gasteiger charge is 2.31. The van der Waals surface area contributed by atoms with Crippen LogP contribution in [0.4, 0.5) is 13.2 Å². The Hall–Kier alpha value is -1.53. The smallest absolute Gasteiger partial charge is 0.387 e. The second-order valence-corrected chi connectivity index (χ2v) is 8.03. The molecule has 1 heterocycles. The molecule has 0 saturated carbocycles. The molecule has 1 saturated heterocycles. The lowest BCUT2D eigenvalue weighted by Gasteiger charge is -2.29. The third-order valence-corrected chi connectivity index (χ3v) is 6.12. The number of aliphatic hydroxyl groups is 1. The lowest BCUT2D eigenvalue weighted by molar-refractivity contribution is -0.137. The van der Waals surface area contributed by atoms with Crippen LogP contribution in [0.15, 0.2) is 36.4 Å². The summed E-state index contributed by atoms with van der Waals surface area (Å²) in [5, 5.41) is 17.1. The van der Waals surface area contributed by atoms with Gasteiger partial charge >= 0.3 is 6.18 Å². The summed E-state index contributed by atoms with van der Waals surface area (Å²) in [7, 11) is 0. The molecule has 3 aromatic carbocycles.